The van der Waals surface area contributed by atoms with E-state index in [1.165, 1.54) is 0 Å². The number of fused-ring (bicyclic) bond motifs is 1. The van der Waals surface area contributed by atoms with Crippen molar-refractivity contribution in [2.75, 3.05) is 6.61 Å². The quantitative estimate of drug-likeness (QED) is 0.512. The Morgan fingerprint density at radius 2 is 2.00 bits per heavy atom. The molecule has 0 unspecified atom stereocenters. The highest BCUT2D eigenvalue weighted by molar-refractivity contribution is 6.31. The monoisotopic (exact) mass is 366 g/mol. The molecule has 0 aliphatic carbocycles. The van der Waals surface area contributed by atoms with Gasteiger partial charge in [0.25, 0.3) is 5.91 Å². The first kappa shape index (κ1) is 18.0. The zero-order valence-corrected chi connectivity index (χ0v) is 15.4. The molecule has 26 heavy (non-hydrogen) atoms. The van der Waals surface area contributed by atoms with E-state index in [2.05, 4.69) is 10.5 Å². The van der Waals surface area contributed by atoms with Gasteiger partial charge in [0.15, 0.2) is 0 Å². The zero-order valence-electron chi connectivity index (χ0n) is 14.6. The molecular formula is C21H19ClN2O2. The molecule has 4 nitrogen and oxygen atoms in total. The third kappa shape index (κ3) is 3.86. The first-order valence-electron chi connectivity index (χ1n) is 8.34. The van der Waals surface area contributed by atoms with Crippen molar-refractivity contribution in [1.82, 2.24) is 5.43 Å². The molecule has 0 saturated carbocycles. The Balaban J connectivity index is 1.86. The maximum Gasteiger partial charge on any atom is 0.271 e. The average Bonchev–Trinajstić information content (AvgIpc) is 2.65. The lowest BCUT2D eigenvalue weighted by molar-refractivity contribution is 0.0955. The minimum Gasteiger partial charge on any atom is -0.493 e. The van der Waals surface area contributed by atoms with E-state index in [0.717, 1.165) is 27.6 Å². The Morgan fingerprint density at radius 1 is 1.19 bits per heavy atom. The summed E-state index contributed by atoms with van der Waals surface area (Å²) in [6.45, 7) is 4.37. The number of hydrogen-bond donors (Lipinski definition) is 1. The fraction of sp³-hybridized carbons (Fsp3) is 0.143. The molecule has 132 valence electrons. The molecule has 0 aromatic heterocycles. The summed E-state index contributed by atoms with van der Waals surface area (Å²) in [5, 5.41) is 6.75. The largest absolute Gasteiger partial charge is 0.493 e. The molecule has 1 amide bonds. The highest BCUT2D eigenvalue weighted by Crippen LogP contribution is 2.26. The fourth-order valence-electron chi connectivity index (χ4n) is 2.64. The maximum absolute atomic E-state index is 12.3. The number of carbonyl (C=O) groups excluding carboxylic acids is 1. The van der Waals surface area contributed by atoms with Crippen LogP contribution in [0, 0.1) is 6.92 Å². The van der Waals surface area contributed by atoms with E-state index in [1.54, 1.807) is 24.4 Å². The van der Waals surface area contributed by atoms with Crippen molar-refractivity contribution in [2.45, 2.75) is 13.8 Å². The first-order valence-corrected chi connectivity index (χ1v) is 8.72. The van der Waals surface area contributed by atoms with Crippen molar-refractivity contribution in [3.63, 3.8) is 0 Å². The number of hydrogen-bond acceptors (Lipinski definition) is 3. The van der Waals surface area contributed by atoms with Crippen molar-refractivity contribution in [3.8, 4) is 5.75 Å². The van der Waals surface area contributed by atoms with Crippen LogP contribution in [0.4, 0.5) is 0 Å². The van der Waals surface area contributed by atoms with Crippen LogP contribution in [-0.4, -0.2) is 18.7 Å². The van der Waals surface area contributed by atoms with Gasteiger partial charge in [-0.15, -0.1) is 0 Å². The second-order valence-electron chi connectivity index (χ2n) is 5.79. The number of aryl methyl sites for hydroxylation is 1. The van der Waals surface area contributed by atoms with Gasteiger partial charge >= 0.3 is 0 Å². The summed E-state index contributed by atoms with van der Waals surface area (Å²) in [5.74, 6) is 0.406. The van der Waals surface area contributed by atoms with E-state index in [4.69, 9.17) is 16.3 Å². The molecule has 3 aromatic carbocycles. The molecule has 3 aromatic rings. The number of ether oxygens (including phenoxy) is 1. The number of halogens is 1. The molecule has 0 saturated heterocycles. The van der Waals surface area contributed by atoms with Gasteiger partial charge in [-0.25, -0.2) is 5.43 Å². The summed E-state index contributed by atoms with van der Waals surface area (Å²) in [7, 11) is 0. The van der Waals surface area contributed by atoms with Gasteiger partial charge in [0.2, 0.25) is 0 Å². The third-order valence-corrected chi connectivity index (χ3v) is 4.43. The summed E-state index contributed by atoms with van der Waals surface area (Å²) >= 11 is 6.07. The van der Waals surface area contributed by atoms with Gasteiger partial charge in [-0.3, -0.25) is 4.79 Å². The van der Waals surface area contributed by atoms with E-state index >= 15 is 0 Å². The zero-order chi connectivity index (χ0) is 18.5. The maximum atomic E-state index is 12.3. The van der Waals surface area contributed by atoms with Crippen LogP contribution < -0.4 is 10.2 Å². The molecule has 0 bridgehead atoms. The van der Waals surface area contributed by atoms with Crippen LogP contribution in [0.1, 0.15) is 28.4 Å². The standard InChI is InChI=1S/C21H19ClN2O2/c1-3-26-20-11-10-15-6-4-5-7-17(15)18(20)13-23-24-21(25)16-9-8-14(2)19(22)12-16/h4-13H,3H2,1-2H3,(H,24,25)/b23-13-. The molecule has 0 spiro atoms. The number of nitrogens with one attached hydrogen (secondary N) is 1. The smallest absolute Gasteiger partial charge is 0.271 e. The van der Waals surface area contributed by atoms with Gasteiger partial charge in [0.1, 0.15) is 5.75 Å². The van der Waals surface area contributed by atoms with Gasteiger partial charge < -0.3 is 4.74 Å². The lowest BCUT2D eigenvalue weighted by atomic mass is 10.0. The van der Waals surface area contributed by atoms with Crippen LogP contribution in [0.3, 0.4) is 0 Å². The minimum atomic E-state index is -0.318. The number of carbonyl (C=O) groups is 1. The molecule has 0 aliphatic heterocycles. The number of hydrazone groups is 1. The lowest BCUT2D eigenvalue weighted by Crippen LogP contribution is -2.17. The molecule has 3 rings (SSSR count). The van der Waals surface area contributed by atoms with Crippen molar-refractivity contribution < 1.29 is 9.53 Å². The van der Waals surface area contributed by atoms with Crippen LogP contribution in [0.15, 0.2) is 59.7 Å². The number of amides is 1. The Hall–Kier alpha value is -2.85. The molecular weight excluding hydrogens is 348 g/mol. The summed E-state index contributed by atoms with van der Waals surface area (Å²) in [4.78, 5) is 12.3. The molecule has 0 fully saturated rings. The molecule has 0 radical (unpaired) electrons. The van der Waals surface area contributed by atoms with Crippen molar-refractivity contribution in [2.24, 2.45) is 5.10 Å². The Kier molecular flexibility index (Phi) is 5.54. The second kappa shape index (κ2) is 8.02. The van der Waals surface area contributed by atoms with E-state index in [1.807, 2.05) is 50.2 Å². The van der Waals surface area contributed by atoms with Crippen molar-refractivity contribution in [3.05, 3.63) is 76.3 Å². The van der Waals surface area contributed by atoms with E-state index < -0.39 is 0 Å². The highest BCUT2D eigenvalue weighted by atomic mass is 35.5. The molecule has 0 atom stereocenters. The van der Waals surface area contributed by atoms with Gasteiger partial charge in [0, 0.05) is 16.1 Å². The third-order valence-electron chi connectivity index (χ3n) is 4.02. The molecule has 0 aliphatic rings. The summed E-state index contributed by atoms with van der Waals surface area (Å²) in [6.07, 6.45) is 1.61. The van der Waals surface area contributed by atoms with Gasteiger partial charge in [-0.05, 0) is 48.4 Å². The Morgan fingerprint density at radius 3 is 2.77 bits per heavy atom. The molecule has 1 N–H and O–H groups in total. The highest BCUT2D eigenvalue weighted by Gasteiger charge is 2.08. The summed E-state index contributed by atoms with van der Waals surface area (Å²) in [5.41, 5.74) is 4.75. The number of nitrogens with zero attached hydrogens (tertiary/aromatic N) is 1. The van der Waals surface area contributed by atoms with Gasteiger partial charge in [-0.2, -0.15) is 5.10 Å². The van der Waals surface area contributed by atoms with Crippen LogP contribution in [0.5, 0.6) is 5.75 Å². The van der Waals surface area contributed by atoms with Gasteiger partial charge in [0.05, 0.1) is 12.8 Å². The van der Waals surface area contributed by atoms with E-state index in [9.17, 15) is 4.79 Å². The Labute approximate surface area is 157 Å². The SMILES string of the molecule is CCOc1ccc2ccccc2c1/C=N\NC(=O)c1ccc(C)c(Cl)c1. The predicted molar refractivity (Wildman–Crippen MR) is 106 cm³/mol. The van der Waals surface area contributed by atoms with E-state index in [-0.39, 0.29) is 5.91 Å². The number of rotatable bonds is 5. The summed E-state index contributed by atoms with van der Waals surface area (Å²) in [6, 6.07) is 17.0. The predicted octanol–water partition coefficient (Wildman–Crippen LogP) is 4.96. The van der Waals surface area contributed by atoms with Crippen molar-refractivity contribution >= 4 is 34.5 Å². The van der Waals surface area contributed by atoms with Crippen LogP contribution >= 0.6 is 11.6 Å². The van der Waals surface area contributed by atoms with Gasteiger partial charge in [-0.1, -0.05) is 48.0 Å². The average molecular weight is 367 g/mol. The number of benzene rings is 3. The van der Waals surface area contributed by atoms with Crippen LogP contribution in [-0.2, 0) is 0 Å². The molecule has 0 heterocycles. The van der Waals surface area contributed by atoms with Crippen LogP contribution in [0.2, 0.25) is 5.02 Å². The summed E-state index contributed by atoms with van der Waals surface area (Å²) < 4.78 is 5.69. The molecule has 5 heteroatoms. The lowest BCUT2D eigenvalue weighted by Gasteiger charge is -2.10. The van der Waals surface area contributed by atoms with Crippen LogP contribution in [0.25, 0.3) is 10.8 Å². The van der Waals surface area contributed by atoms with Crippen molar-refractivity contribution in [1.29, 1.82) is 0 Å². The topological polar surface area (TPSA) is 50.7 Å². The van der Waals surface area contributed by atoms with E-state index in [0.29, 0.717) is 17.2 Å². The second-order valence-corrected chi connectivity index (χ2v) is 6.20. The normalized spacial score (nSPS) is 11.0. The fourth-order valence-corrected chi connectivity index (χ4v) is 2.82. The Bertz CT molecular complexity index is 983. The first-order chi connectivity index (χ1) is 12.6. The minimum absolute atomic E-state index is 0.318.